The van der Waals surface area contributed by atoms with Crippen LogP contribution >= 0.6 is 0 Å². The maximum Gasteiger partial charge on any atom is 0.236 e. The molecule has 0 fully saturated rings. The Bertz CT molecular complexity index is 416. The number of carbonyl (C=O) groups is 1. The molecule has 0 aliphatic carbocycles. The molecule has 0 saturated carbocycles. The zero-order valence-corrected chi connectivity index (χ0v) is 12.9. The number of nitrogens with zero attached hydrogens (tertiary/aromatic N) is 2. The molecule has 1 aromatic rings. The Hall–Kier alpha value is -1.39. The van der Waals surface area contributed by atoms with Crippen LogP contribution < -0.4 is 5.73 Å². The second-order valence-electron chi connectivity index (χ2n) is 4.84. The normalized spacial score (nSPS) is 10.8. The van der Waals surface area contributed by atoms with Crippen LogP contribution in [0.2, 0.25) is 0 Å². The van der Waals surface area contributed by atoms with Crippen LogP contribution in [0.1, 0.15) is 31.9 Å². The van der Waals surface area contributed by atoms with Crippen LogP contribution in [0.25, 0.3) is 0 Å². The third kappa shape index (κ3) is 4.62. The zero-order valence-electron chi connectivity index (χ0n) is 12.9. The maximum absolute atomic E-state index is 12.2. The van der Waals surface area contributed by atoms with Crippen molar-refractivity contribution in [3.05, 3.63) is 35.4 Å². The van der Waals surface area contributed by atoms with Gasteiger partial charge >= 0.3 is 0 Å². The van der Waals surface area contributed by atoms with E-state index < -0.39 is 0 Å². The number of likely N-dealkylation sites (N-methyl/N-ethyl adjacent to an activating group) is 2. The molecule has 112 valence electrons. The van der Waals surface area contributed by atoms with Gasteiger partial charge in [-0.2, -0.15) is 0 Å². The Kier molecular flexibility index (Phi) is 7.26. The summed E-state index contributed by atoms with van der Waals surface area (Å²) in [7, 11) is 0. The first-order valence-electron chi connectivity index (χ1n) is 7.43. The van der Waals surface area contributed by atoms with E-state index in [1.807, 2.05) is 30.9 Å². The summed E-state index contributed by atoms with van der Waals surface area (Å²) in [6, 6.07) is 8.17. The molecule has 0 aromatic heterocycles. The summed E-state index contributed by atoms with van der Waals surface area (Å²) >= 11 is 0. The van der Waals surface area contributed by atoms with Gasteiger partial charge in [-0.15, -0.1) is 0 Å². The fourth-order valence-electron chi connectivity index (χ4n) is 2.30. The van der Waals surface area contributed by atoms with E-state index >= 15 is 0 Å². The molecule has 20 heavy (non-hydrogen) atoms. The van der Waals surface area contributed by atoms with Gasteiger partial charge in [0.1, 0.15) is 0 Å². The maximum atomic E-state index is 12.2. The van der Waals surface area contributed by atoms with Gasteiger partial charge in [0.2, 0.25) is 5.91 Å². The third-order valence-corrected chi connectivity index (χ3v) is 3.65. The molecular formula is C16H27N3O. The second-order valence-corrected chi connectivity index (χ2v) is 4.84. The first-order valence-corrected chi connectivity index (χ1v) is 7.43. The van der Waals surface area contributed by atoms with Crippen molar-refractivity contribution in [2.24, 2.45) is 5.73 Å². The standard InChI is InChI=1S/C16H27N3O/c1-4-18(13-16(20)19(5-2)6-3)12-15-10-8-7-9-14(15)11-17/h7-10H,4-6,11-13,17H2,1-3H3. The average Bonchev–Trinajstić information content (AvgIpc) is 2.48. The quantitative estimate of drug-likeness (QED) is 0.789. The Morgan fingerprint density at radius 1 is 1.05 bits per heavy atom. The van der Waals surface area contributed by atoms with E-state index in [1.165, 1.54) is 5.56 Å². The van der Waals surface area contributed by atoms with Gasteiger partial charge in [-0.05, 0) is 31.5 Å². The lowest BCUT2D eigenvalue weighted by Crippen LogP contribution is -2.40. The number of carbonyl (C=O) groups excluding carboxylic acids is 1. The van der Waals surface area contributed by atoms with Crippen LogP contribution in [-0.2, 0) is 17.9 Å². The summed E-state index contributed by atoms with van der Waals surface area (Å²) in [5.74, 6) is 0.196. The van der Waals surface area contributed by atoms with Crippen LogP contribution in [-0.4, -0.2) is 41.9 Å². The first-order chi connectivity index (χ1) is 9.65. The summed E-state index contributed by atoms with van der Waals surface area (Å²) < 4.78 is 0. The largest absolute Gasteiger partial charge is 0.342 e. The van der Waals surface area contributed by atoms with E-state index in [-0.39, 0.29) is 5.91 Å². The minimum Gasteiger partial charge on any atom is -0.342 e. The molecule has 0 heterocycles. The molecule has 0 aliphatic heterocycles. The van der Waals surface area contributed by atoms with E-state index in [1.54, 1.807) is 0 Å². The van der Waals surface area contributed by atoms with Gasteiger partial charge in [-0.1, -0.05) is 31.2 Å². The SMILES string of the molecule is CCN(CC(=O)N(CC)CC)Cc1ccccc1CN. The predicted molar refractivity (Wildman–Crippen MR) is 83.2 cm³/mol. The minimum atomic E-state index is 0.196. The molecule has 0 aliphatic rings. The topological polar surface area (TPSA) is 49.6 Å². The van der Waals surface area contributed by atoms with Crippen molar-refractivity contribution in [3.8, 4) is 0 Å². The summed E-state index contributed by atoms with van der Waals surface area (Å²) in [5, 5.41) is 0. The van der Waals surface area contributed by atoms with Crippen LogP contribution in [0.4, 0.5) is 0 Å². The van der Waals surface area contributed by atoms with Crippen molar-refractivity contribution < 1.29 is 4.79 Å². The van der Waals surface area contributed by atoms with E-state index in [0.717, 1.165) is 31.7 Å². The fourth-order valence-corrected chi connectivity index (χ4v) is 2.30. The average molecular weight is 277 g/mol. The molecule has 1 aromatic carbocycles. The van der Waals surface area contributed by atoms with Gasteiger partial charge in [0.15, 0.2) is 0 Å². The van der Waals surface area contributed by atoms with Crippen molar-refractivity contribution in [1.82, 2.24) is 9.80 Å². The van der Waals surface area contributed by atoms with E-state index in [4.69, 9.17) is 5.73 Å². The molecule has 0 radical (unpaired) electrons. The fraction of sp³-hybridized carbons (Fsp3) is 0.562. The van der Waals surface area contributed by atoms with Crippen molar-refractivity contribution in [2.75, 3.05) is 26.2 Å². The Balaban J connectivity index is 2.70. The molecule has 4 nitrogen and oxygen atoms in total. The third-order valence-electron chi connectivity index (χ3n) is 3.65. The molecule has 1 rings (SSSR count). The zero-order chi connectivity index (χ0) is 15.0. The van der Waals surface area contributed by atoms with Gasteiger partial charge in [-0.25, -0.2) is 0 Å². The molecule has 0 spiro atoms. The number of amides is 1. The molecule has 1 amide bonds. The van der Waals surface area contributed by atoms with Crippen LogP contribution in [0, 0.1) is 0 Å². The number of hydrogen-bond donors (Lipinski definition) is 1. The van der Waals surface area contributed by atoms with E-state index in [9.17, 15) is 4.79 Å². The highest BCUT2D eigenvalue weighted by Gasteiger charge is 2.15. The van der Waals surface area contributed by atoms with Crippen molar-refractivity contribution in [1.29, 1.82) is 0 Å². The van der Waals surface area contributed by atoms with Gasteiger partial charge < -0.3 is 10.6 Å². The molecule has 0 saturated heterocycles. The lowest BCUT2D eigenvalue weighted by atomic mass is 10.1. The number of benzene rings is 1. The molecular weight excluding hydrogens is 250 g/mol. The Morgan fingerprint density at radius 2 is 1.65 bits per heavy atom. The van der Waals surface area contributed by atoms with Crippen molar-refractivity contribution in [2.45, 2.75) is 33.9 Å². The first kappa shape index (κ1) is 16.7. The number of hydrogen-bond acceptors (Lipinski definition) is 3. The highest BCUT2D eigenvalue weighted by molar-refractivity contribution is 5.78. The second kappa shape index (κ2) is 8.72. The Labute approximate surface area is 122 Å². The van der Waals surface area contributed by atoms with Gasteiger partial charge in [0, 0.05) is 26.2 Å². The summed E-state index contributed by atoms with van der Waals surface area (Å²) in [6.45, 7) is 10.3. The summed E-state index contributed by atoms with van der Waals surface area (Å²) in [4.78, 5) is 16.2. The molecule has 4 heteroatoms. The van der Waals surface area contributed by atoms with Crippen LogP contribution in [0.15, 0.2) is 24.3 Å². The summed E-state index contributed by atoms with van der Waals surface area (Å²) in [5.41, 5.74) is 8.13. The molecule has 0 unspecified atom stereocenters. The van der Waals surface area contributed by atoms with Gasteiger partial charge in [-0.3, -0.25) is 9.69 Å². The summed E-state index contributed by atoms with van der Waals surface area (Å²) in [6.07, 6.45) is 0. The van der Waals surface area contributed by atoms with Gasteiger partial charge in [0.05, 0.1) is 6.54 Å². The van der Waals surface area contributed by atoms with Crippen LogP contribution in [0.5, 0.6) is 0 Å². The van der Waals surface area contributed by atoms with Crippen LogP contribution in [0.3, 0.4) is 0 Å². The smallest absolute Gasteiger partial charge is 0.236 e. The highest BCUT2D eigenvalue weighted by Crippen LogP contribution is 2.11. The van der Waals surface area contributed by atoms with Gasteiger partial charge in [0.25, 0.3) is 0 Å². The van der Waals surface area contributed by atoms with E-state index in [0.29, 0.717) is 13.1 Å². The molecule has 0 atom stereocenters. The monoisotopic (exact) mass is 277 g/mol. The van der Waals surface area contributed by atoms with Crippen molar-refractivity contribution in [3.63, 3.8) is 0 Å². The minimum absolute atomic E-state index is 0.196. The van der Waals surface area contributed by atoms with E-state index in [2.05, 4.69) is 24.0 Å². The lowest BCUT2D eigenvalue weighted by Gasteiger charge is -2.25. The predicted octanol–water partition coefficient (Wildman–Crippen LogP) is 1.84. The highest BCUT2D eigenvalue weighted by atomic mass is 16.2. The lowest BCUT2D eigenvalue weighted by molar-refractivity contribution is -0.132. The van der Waals surface area contributed by atoms with Crippen molar-refractivity contribution >= 4 is 5.91 Å². The number of rotatable bonds is 8. The Morgan fingerprint density at radius 3 is 2.15 bits per heavy atom. The molecule has 0 bridgehead atoms. The number of nitrogens with two attached hydrogens (primary N) is 1. The molecule has 2 N–H and O–H groups in total.